The first-order chi connectivity index (χ1) is 13.1. The van der Waals surface area contributed by atoms with Gasteiger partial charge < -0.3 is 10.6 Å². The van der Waals surface area contributed by atoms with E-state index in [1.54, 1.807) is 13.0 Å². The average Bonchev–Trinajstić information content (AvgIpc) is 2.68. The molecule has 138 valence electrons. The van der Waals surface area contributed by atoms with E-state index in [9.17, 15) is 4.79 Å². The topological polar surface area (TPSA) is 66.9 Å². The van der Waals surface area contributed by atoms with Crippen molar-refractivity contribution in [2.45, 2.75) is 33.2 Å². The van der Waals surface area contributed by atoms with Crippen molar-refractivity contribution in [3.8, 4) is 0 Å². The predicted octanol–water partition coefficient (Wildman–Crippen LogP) is 4.58. The Morgan fingerprint density at radius 2 is 1.74 bits per heavy atom. The fraction of sp³-hybridized carbons (Fsp3) is 0.227. The molecule has 0 saturated carbocycles. The van der Waals surface area contributed by atoms with Crippen molar-refractivity contribution >= 4 is 17.4 Å². The second-order valence-electron chi connectivity index (χ2n) is 6.43. The summed E-state index contributed by atoms with van der Waals surface area (Å²) in [6, 6.07) is 19.5. The number of hydrogen-bond donors (Lipinski definition) is 2. The lowest BCUT2D eigenvalue weighted by Gasteiger charge is -2.15. The first kappa shape index (κ1) is 18.6. The van der Waals surface area contributed by atoms with Gasteiger partial charge in [0.1, 0.15) is 17.3 Å². The Balaban J connectivity index is 1.79. The molecule has 3 rings (SSSR count). The van der Waals surface area contributed by atoms with Gasteiger partial charge in [0.15, 0.2) is 0 Å². The Labute approximate surface area is 159 Å². The van der Waals surface area contributed by atoms with Crippen molar-refractivity contribution in [3.63, 3.8) is 0 Å². The van der Waals surface area contributed by atoms with E-state index in [0.717, 1.165) is 17.7 Å². The molecule has 0 spiro atoms. The number of aromatic nitrogens is 2. The Bertz CT molecular complexity index is 925. The van der Waals surface area contributed by atoms with E-state index in [0.29, 0.717) is 17.3 Å². The highest BCUT2D eigenvalue weighted by Gasteiger charge is 2.15. The van der Waals surface area contributed by atoms with E-state index in [2.05, 4.69) is 33.6 Å². The molecule has 0 saturated heterocycles. The molecule has 3 aromatic rings. The normalized spacial score (nSPS) is 11.7. The third-order valence-corrected chi connectivity index (χ3v) is 4.38. The molecule has 2 aromatic carbocycles. The van der Waals surface area contributed by atoms with Crippen LogP contribution in [0.3, 0.4) is 0 Å². The molecule has 0 fully saturated rings. The molecule has 1 heterocycles. The fourth-order valence-electron chi connectivity index (χ4n) is 2.93. The van der Waals surface area contributed by atoms with Gasteiger partial charge in [-0.2, -0.15) is 0 Å². The third-order valence-electron chi connectivity index (χ3n) is 4.38. The summed E-state index contributed by atoms with van der Waals surface area (Å²) in [4.78, 5) is 21.4. The zero-order valence-electron chi connectivity index (χ0n) is 15.9. The van der Waals surface area contributed by atoms with Gasteiger partial charge in [0, 0.05) is 11.8 Å². The largest absolute Gasteiger partial charge is 0.344 e. The van der Waals surface area contributed by atoms with Crippen molar-refractivity contribution in [2.24, 2.45) is 0 Å². The first-order valence-corrected chi connectivity index (χ1v) is 9.13. The van der Waals surface area contributed by atoms with Crippen LogP contribution in [0.25, 0.3) is 0 Å². The Hall–Kier alpha value is -3.21. The molecule has 0 bridgehead atoms. The lowest BCUT2D eigenvalue weighted by Crippen LogP contribution is -2.27. The van der Waals surface area contributed by atoms with E-state index >= 15 is 0 Å². The van der Waals surface area contributed by atoms with Crippen molar-refractivity contribution in [1.29, 1.82) is 0 Å². The van der Waals surface area contributed by atoms with Crippen molar-refractivity contribution in [3.05, 3.63) is 83.3 Å². The van der Waals surface area contributed by atoms with Crippen LogP contribution in [0, 0.1) is 6.92 Å². The van der Waals surface area contributed by atoms with Crippen LogP contribution in [0.4, 0.5) is 11.5 Å². The van der Waals surface area contributed by atoms with Crippen molar-refractivity contribution < 1.29 is 4.79 Å². The monoisotopic (exact) mass is 360 g/mol. The number of anilines is 2. The van der Waals surface area contributed by atoms with Crippen LogP contribution in [-0.4, -0.2) is 15.9 Å². The molecule has 0 radical (unpaired) electrons. The minimum absolute atomic E-state index is 0.105. The summed E-state index contributed by atoms with van der Waals surface area (Å²) in [7, 11) is 0. The molecule has 0 aliphatic carbocycles. The molecule has 2 N–H and O–H groups in total. The number of para-hydroxylation sites is 1. The Morgan fingerprint density at radius 3 is 2.48 bits per heavy atom. The molecular formula is C22H24N4O. The van der Waals surface area contributed by atoms with Crippen LogP contribution in [-0.2, 0) is 6.42 Å². The number of hydrogen-bond acceptors (Lipinski definition) is 4. The van der Waals surface area contributed by atoms with E-state index in [-0.39, 0.29) is 11.9 Å². The maximum absolute atomic E-state index is 12.7. The molecule has 0 aliphatic heterocycles. The molecular weight excluding hydrogens is 336 g/mol. The van der Waals surface area contributed by atoms with Crippen LogP contribution in [0.15, 0.2) is 60.7 Å². The highest BCUT2D eigenvalue weighted by molar-refractivity contribution is 5.93. The smallest absolute Gasteiger partial charge is 0.270 e. The minimum atomic E-state index is -0.219. The standard InChI is InChI=1S/C22H24N4O/c1-4-17-10-8-9-13-19(17)26-21-14-20(24-16(3)25-21)22(27)23-15(2)18-11-6-5-7-12-18/h5-15H,4H2,1-3H3,(H,23,27)(H,24,25,26). The van der Waals surface area contributed by atoms with E-state index in [4.69, 9.17) is 0 Å². The van der Waals surface area contributed by atoms with Gasteiger partial charge in [0.05, 0.1) is 6.04 Å². The lowest BCUT2D eigenvalue weighted by atomic mass is 10.1. The summed E-state index contributed by atoms with van der Waals surface area (Å²) in [5.74, 6) is 0.941. The second kappa shape index (κ2) is 8.45. The molecule has 5 nitrogen and oxygen atoms in total. The molecule has 1 atom stereocenters. The molecule has 1 unspecified atom stereocenters. The highest BCUT2D eigenvalue weighted by Crippen LogP contribution is 2.21. The summed E-state index contributed by atoms with van der Waals surface area (Å²) in [6.45, 7) is 5.85. The summed E-state index contributed by atoms with van der Waals surface area (Å²) < 4.78 is 0. The summed E-state index contributed by atoms with van der Waals surface area (Å²) >= 11 is 0. The second-order valence-corrected chi connectivity index (χ2v) is 6.43. The van der Waals surface area contributed by atoms with Gasteiger partial charge in [-0.25, -0.2) is 9.97 Å². The van der Waals surface area contributed by atoms with Gasteiger partial charge in [0.25, 0.3) is 5.91 Å². The van der Waals surface area contributed by atoms with Crippen LogP contribution in [0.2, 0.25) is 0 Å². The first-order valence-electron chi connectivity index (χ1n) is 9.13. The summed E-state index contributed by atoms with van der Waals surface area (Å²) in [5.41, 5.74) is 3.58. The zero-order chi connectivity index (χ0) is 19.2. The van der Waals surface area contributed by atoms with Crippen LogP contribution in [0.1, 0.15) is 47.3 Å². The predicted molar refractivity (Wildman–Crippen MR) is 108 cm³/mol. The number of nitrogens with zero attached hydrogens (tertiary/aromatic N) is 2. The minimum Gasteiger partial charge on any atom is -0.344 e. The molecule has 27 heavy (non-hydrogen) atoms. The summed E-state index contributed by atoms with van der Waals surface area (Å²) in [6.07, 6.45) is 0.912. The quantitative estimate of drug-likeness (QED) is 0.675. The Morgan fingerprint density at radius 1 is 1.04 bits per heavy atom. The van der Waals surface area contributed by atoms with Gasteiger partial charge in [-0.05, 0) is 37.5 Å². The third kappa shape index (κ3) is 4.70. The molecule has 5 heteroatoms. The van der Waals surface area contributed by atoms with E-state index in [1.807, 2.05) is 55.5 Å². The maximum atomic E-state index is 12.7. The number of rotatable bonds is 6. The van der Waals surface area contributed by atoms with Gasteiger partial charge in [-0.15, -0.1) is 0 Å². The van der Waals surface area contributed by atoms with Gasteiger partial charge in [-0.1, -0.05) is 55.5 Å². The van der Waals surface area contributed by atoms with E-state index in [1.165, 1.54) is 5.56 Å². The SMILES string of the molecule is CCc1ccccc1Nc1cc(C(=O)NC(C)c2ccccc2)nc(C)n1. The highest BCUT2D eigenvalue weighted by atomic mass is 16.1. The van der Waals surface area contributed by atoms with Crippen molar-refractivity contribution in [1.82, 2.24) is 15.3 Å². The maximum Gasteiger partial charge on any atom is 0.270 e. The van der Waals surface area contributed by atoms with Crippen molar-refractivity contribution in [2.75, 3.05) is 5.32 Å². The van der Waals surface area contributed by atoms with Gasteiger partial charge in [0.2, 0.25) is 0 Å². The molecule has 0 aliphatic rings. The Kier molecular flexibility index (Phi) is 5.81. The van der Waals surface area contributed by atoms with E-state index < -0.39 is 0 Å². The number of benzene rings is 2. The van der Waals surface area contributed by atoms with Crippen LogP contribution in [0.5, 0.6) is 0 Å². The number of aryl methyl sites for hydroxylation is 2. The average molecular weight is 360 g/mol. The van der Waals surface area contributed by atoms with Crippen LogP contribution < -0.4 is 10.6 Å². The molecule has 1 aromatic heterocycles. The number of amides is 1. The molecule has 1 amide bonds. The lowest BCUT2D eigenvalue weighted by molar-refractivity contribution is 0.0934. The fourth-order valence-corrected chi connectivity index (χ4v) is 2.93. The van der Waals surface area contributed by atoms with Crippen LogP contribution >= 0.6 is 0 Å². The zero-order valence-corrected chi connectivity index (χ0v) is 15.9. The number of carbonyl (C=O) groups is 1. The number of nitrogens with one attached hydrogen (secondary N) is 2. The van der Waals surface area contributed by atoms with Gasteiger partial charge >= 0.3 is 0 Å². The van der Waals surface area contributed by atoms with Gasteiger partial charge in [-0.3, -0.25) is 4.79 Å². The number of carbonyl (C=O) groups excluding carboxylic acids is 1. The summed E-state index contributed by atoms with van der Waals surface area (Å²) in [5, 5.41) is 6.31.